The van der Waals surface area contributed by atoms with Crippen molar-refractivity contribution in [3.63, 3.8) is 0 Å². The molecule has 1 aliphatic heterocycles. The molecule has 0 atom stereocenters. The maximum Gasteiger partial charge on any atom is 0.167 e. The Morgan fingerprint density at radius 1 is 1.32 bits per heavy atom. The molecule has 0 radical (unpaired) electrons. The first-order chi connectivity index (χ1) is 13.3. The standard InChI is InChI=1S/C18H19FN6O2S/c1-11-10-27-5-4-25(11)17-8-16(24-28(2,3)26)21-18(22-17)13-6-12(19)7-15-14(13)9-20-23-15/h6-9H,1,4-5,10H2,2-3H3,(H,20,23). The van der Waals surface area contributed by atoms with E-state index in [-0.39, 0.29) is 11.6 Å². The molecule has 3 aromatic rings. The van der Waals surface area contributed by atoms with Crippen LogP contribution in [0.5, 0.6) is 0 Å². The van der Waals surface area contributed by atoms with Crippen LogP contribution in [0, 0.1) is 5.82 Å². The number of halogens is 1. The van der Waals surface area contributed by atoms with Crippen LogP contribution in [0.25, 0.3) is 22.3 Å². The van der Waals surface area contributed by atoms with Gasteiger partial charge in [-0.3, -0.25) is 5.10 Å². The van der Waals surface area contributed by atoms with Crippen molar-refractivity contribution in [2.45, 2.75) is 0 Å². The Morgan fingerprint density at radius 3 is 2.89 bits per heavy atom. The number of morpholine rings is 1. The van der Waals surface area contributed by atoms with Crippen molar-refractivity contribution in [2.24, 2.45) is 4.36 Å². The second kappa shape index (κ2) is 6.95. The minimum Gasteiger partial charge on any atom is -0.373 e. The van der Waals surface area contributed by atoms with E-state index in [9.17, 15) is 8.60 Å². The minimum absolute atomic E-state index is 0.259. The van der Waals surface area contributed by atoms with Crippen LogP contribution < -0.4 is 4.90 Å². The molecule has 1 saturated heterocycles. The van der Waals surface area contributed by atoms with Crippen molar-refractivity contribution in [2.75, 3.05) is 37.2 Å². The molecule has 3 heterocycles. The number of aromatic nitrogens is 4. The van der Waals surface area contributed by atoms with Crippen LogP contribution in [0.4, 0.5) is 16.0 Å². The molecule has 4 rings (SSSR count). The van der Waals surface area contributed by atoms with Gasteiger partial charge in [-0.25, -0.2) is 18.6 Å². The van der Waals surface area contributed by atoms with Crippen molar-refractivity contribution < 1.29 is 13.3 Å². The van der Waals surface area contributed by atoms with E-state index in [4.69, 9.17) is 4.74 Å². The number of hydrogen-bond donors (Lipinski definition) is 1. The highest BCUT2D eigenvalue weighted by Crippen LogP contribution is 2.31. The number of benzene rings is 1. The van der Waals surface area contributed by atoms with E-state index in [2.05, 4.69) is 31.1 Å². The molecule has 0 spiro atoms. The van der Waals surface area contributed by atoms with Crippen LogP contribution >= 0.6 is 0 Å². The molecule has 2 aromatic heterocycles. The Kier molecular flexibility index (Phi) is 4.60. The lowest BCUT2D eigenvalue weighted by Gasteiger charge is -2.30. The van der Waals surface area contributed by atoms with E-state index >= 15 is 0 Å². The molecule has 1 aliphatic rings. The number of aromatic amines is 1. The Bertz CT molecular complexity index is 1190. The van der Waals surface area contributed by atoms with Gasteiger partial charge in [0.15, 0.2) is 11.6 Å². The maximum atomic E-state index is 14.1. The zero-order valence-corrected chi connectivity index (χ0v) is 16.3. The molecule has 146 valence electrons. The summed E-state index contributed by atoms with van der Waals surface area (Å²) in [5.41, 5.74) is 1.75. The number of nitrogens with one attached hydrogen (secondary N) is 1. The van der Waals surface area contributed by atoms with Gasteiger partial charge in [-0.2, -0.15) is 9.46 Å². The molecule has 0 bridgehead atoms. The number of H-pyrrole nitrogens is 1. The lowest BCUT2D eigenvalue weighted by Crippen LogP contribution is -2.34. The van der Waals surface area contributed by atoms with Gasteiger partial charge in [0, 0.05) is 51.5 Å². The molecule has 1 N–H and O–H groups in total. The van der Waals surface area contributed by atoms with Crippen molar-refractivity contribution in [1.29, 1.82) is 0 Å². The smallest absolute Gasteiger partial charge is 0.167 e. The third kappa shape index (κ3) is 3.73. The summed E-state index contributed by atoms with van der Waals surface area (Å²) in [7, 11) is -2.45. The van der Waals surface area contributed by atoms with E-state index in [1.165, 1.54) is 24.6 Å². The summed E-state index contributed by atoms with van der Waals surface area (Å²) in [6, 6.07) is 4.36. The second-order valence-corrected chi connectivity index (χ2v) is 9.28. The Balaban J connectivity index is 1.94. The molecule has 0 aliphatic carbocycles. The zero-order valence-electron chi connectivity index (χ0n) is 15.5. The summed E-state index contributed by atoms with van der Waals surface area (Å²) in [4.78, 5) is 10.9. The van der Waals surface area contributed by atoms with Gasteiger partial charge in [0.1, 0.15) is 11.6 Å². The fraction of sp³-hybridized carbons (Fsp3) is 0.278. The summed E-state index contributed by atoms with van der Waals surface area (Å²) in [5.74, 6) is 0.631. The molecule has 28 heavy (non-hydrogen) atoms. The lowest BCUT2D eigenvalue weighted by atomic mass is 10.1. The van der Waals surface area contributed by atoms with E-state index in [1.807, 2.05) is 4.90 Å². The van der Waals surface area contributed by atoms with Crippen LogP contribution in [0.3, 0.4) is 0 Å². The number of nitrogens with zero attached hydrogens (tertiary/aromatic N) is 5. The first-order valence-electron chi connectivity index (χ1n) is 8.52. The predicted molar refractivity (Wildman–Crippen MR) is 106 cm³/mol. The van der Waals surface area contributed by atoms with Crippen molar-refractivity contribution in [3.05, 3.63) is 42.5 Å². The largest absolute Gasteiger partial charge is 0.373 e. The third-order valence-electron chi connectivity index (χ3n) is 4.16. The number of ether oxygens (including phenoxy) is 1. The van der Waals surface area contributed by atoms with Crippen LogP contribution in [-0.4, -0.2) is 56.6 Å². The minimum atomic E-state index is -2.45. The molecule has 0 unspecified atom stereocenters. The summed E-state index contributed by atoms with van der Waals surface area (Å²) >= 11 is 0. The predicted octanol–water partition coefficient (Wildman–Crippen LogP) is 2.87. The van der Waals surface area contributed by atoms with Crippen molar-refractivity contribution >= 4 is 32.3 Å². The number of hydrogen-bond acceptors (Lipinski definition) is 7. The van der Waals surface area contributed by atoms with Gasteiger partial charge in [-0.1, -0.05) is 6.58 Å². The van der Waals surface area contributed by atoms with Gasteiger partial charge in [0.05, 0.1) is 24.9 Å². The summed E-state index contributed by atoms with van der Waals surface area (Å²) in [5, 5.41) is 7.41. The normalized spacial score (nSPS) is 15.2. The average molecular weight is 402 g/mol. The van der Waals surface area contributed by atoms with Gasteiger partial charge in [0.2, 0.25) is 0 Å². The van der Waals surface area contributed by atoms with E-state index in [1.54, 1.807) is 12.3 Å². The molecule has 10 heteroatoms. The molecule has 0 saturated carbocycles. The fourth-order valence-corrected chi connectivity index (χ4v) is 3.56. The number of rotatable bonds is 3. The second-order valence-electron chi connectivity index (χ2n) is 6.74. The molecular weight excluding hydrogens is 383 g/mol. The first kappa shape index (κ1) is 18.5. The fourth-order valence-electron chi connectivity index (χ4n) is 3.01. The summed E-state index contributed by atoms with van der Waals surface area (Å²) < 4.78 is 36.0. The first-order valence-corrected chi connectivity index (χ1v) is 10.9. The van der Waals surface area contributed by atoms with Gasteiger partial charge < -0.3 is 9.64 Å². The quantitative estimate of drug-likeness (QED) is 0.724. The highest BCUT2D eigenvalue weighted by molar-refractivity contribution is 7.92. The number of fused-ring (bicyclic) bond motifs is 1. The number of anilines is 1. The molecule has 8 nitrogen and oxygen atoms in total. The van der Waals surface area contributed by atoms with Crippen LogP contribution in [0.1, 0.15) is 0 Å². The monoisotopic (exact) mass is 402 g/mol. The van der Waals surface area contributed by atoms with Crippen LogP contribution in [0.15, 0.2) is 41.0 Å². The van der Waals surface area contributed by atoms with Crippen LogP contribution in [0.2, 0.25) is 0 Å². The SMILES string of the molecule is C=C1COCCN1c1cc(N=S(C)(C)=O)nc(-c2cc(F)cc3[nH]ncc23)n1. The molecular formula is C18H19FN6O2S. The van der Waals surface area contributed by atoms with Crippen molar-refractivity contribution in [1.82, 2.24) is 20.2 Å². The van der Waals surface area contributed by atoms with Gasteiger partial charge in [-0.15, -0.1) is 0 Å². The lowest BCUT2D eigenvalue weighted by molar-refractivity contribution is 0.143. The van der Waals surface area contributed by atoms with Gasteiger partial charge in [-0.05, 0) is 12.1 Å². The van der Waals surface area contributed by atoms with E-state index in [0.717, 1.165) is 5.70 Å². The highest BCUT2D eigenvalue weighted by atomic mass is 32.2. The van der Waals surface area contributed by atoms with Crippen LogP contribution in [-0.2, 0) is 14.5 Å². The summed E-state index contributed by atoms with van der Waals surface area (Å²) in [6.07, 6.45) is 4.64. The molecule has 1 fully saturated rings. The molecule has 1 aromatic carbocycles. The highest BCUT2D eigenvalue weighted by Gasteiger charge is 2.20. The van der Waals surface area contributed by atoms with Gasteiger partial charge in [0.25, 0.3) is 0 Å². The summed E-state index contributed by atoms with van der Waals surface area (Å²) in [6.45, 7) is 5.48. The van der Waals surface area contributed by atoms with Crippen molar-refractivity contribution in [3.8, 4) is 11.4 Å². The zero-order chi connectivity index (χ0) is 19.9. The van der Waals surface area contributed by atoms with E-state index in [0.29, 0.717) is 42.0 Å². The Labute approximate surface area is 161 Å². The average Bonchev–Trinajstić information content (AvgIpc) is 3.08. The third-order valence-corrected chi connectivity index (χ3v) is 4.79. The van der Waals surface area contributed by atoms with Gasteiger partial charge >= 0.3 is 0 Å². The maximum absolute atomic E-state index is 14.1. The topological polar surface area (TPSA) is 96.4 Å². The Morgan fingerprint density at radius 2 is 2.14 bits per heavy atom. The van der Waals surface area contributed by atoms with E-state index < -0.39 is 15.5 Å². The Hall–Kier alpha value is -2.85. The molecule has 0 amide bonds.